The molecule has 2 atom stereocenters. The summed E-state index contributed by atoms with van der Waals surface area (Å²) in [5.74, 6) is 0.313. The van der Waals surface area contributed by atoms with Gasteiger partial charge < -0.3 is 4.57 Å². The number of fused-ring (bicyclic) bond motifs is 2. The van der Waals surface area contributed by atoms with Crippen LogP contribution in [0.15, 0.2) is 53.7 Å². The van der Waals surface area contributed by atoms with Gasteiger partial charge in [-0.15, -0.1) is 0 Å². The number of hydrogen-bond acceptors (Lipinski definition) is 3. The van der Waals surface area contributed by atoms with Crippen LogP contribution in [0.2, 0.25) is 5.15 Å². The highest BCUT2D eigenvalue weighted by Gasteiger charge is 2.41. The third-order valence-corrected chi connectivity index (χ3v) is 5.51. The number of nitrogens with zero attached hydrogens (tertiary/aromatic N) is 4. The molecule has 29 heavy (non-hydrogen) atoms. The van der Waals surface area contributed by atoms with E-state index in [1.54, 1.807) is 35.1 Å². The highest BCUT2D eigenvalue weighted by molar-refractivity contribution is 6.29. The number of aromatic nitrogens is 4. The first-order chi connectivity index (χ1) is 13.8. The molecule has 3 heterocycles. The van der Waals surface area contributed by atoms with E-state index >= 15 is 0 Å². The molecule has 1 aliphatic rings. The maximum Gasteiger partial charge on any atom is 0.406 e. The van der Waals surface area contributed by atoms with Crippen molar-refractivity contribution >= 4 is 28.0 Å². The van der Waals surface area contributed by atoms with Gasteiger partial charge in [0.1, 0.15) is 11.7 Å². The van der Waals surface area contributed by atoms with E-state index in [9.17, 15) is 18.0 Å². The summed E-state index contributed by atoms with van der Waals surface area (Å²) < 4.78 is 40.5. The molecular formula is C20H14ClF3N4O. The molecule has 3 aromatic heterocycles. The first-order valence-electron chi connectivity index (χ1n) is 9.00. The van der Waals surface area contributed by atoms with Gasteiger partial charge >= 0.3 is 6.18 Å². The molecule has 0 N–H and O–H groups in total. The van der Waals surface area contributed by atoms with Crippen LogP contribution in [0.3, 0.4) is 0 Å². The highest BCUT2D eigenvalue weighted by Crippen LogP contribution is 2.55. The minimum atomic E-state index is -4.45. The first-order valence-corrected chi connectivity index (χ1v) is 9.37. The Morgan fingerprint density at radius 3 is 2.76 bits per heavy atom. The van der Waals surface area contributed by atoms with Gasteiger partial charge in [0.2, 0.25) is 0 Å². The average molecular weight is 419 g/mol. The molecule has 4 aromatic rings. The first kappa shape index (κ1) is 18.2. The zero-order valence-corrected chi connectivity index (χ0v) is 15.7. The van der Waals surface area contributed by atoms with Gasteiger partial charge in [-0.2, -0.15) is 18.3 Å². The maximum atomic E-state index is 12.7. The van der Waals surface area contributed by atoms with Crippen LogP contribution in [0, 0.1) is 0 Å². The number of halogens is 4. The SMILES string of the molecule is O=c1c2cc([C@H]3CC3c3cc(Cl)nn4ccnc34)ccc2ccn1CC(F)(F)F. The largest absolute Gasteiger partial charge is 0.406 e. The van der Waals surface area contributed by atoms with E-state index < -0.39 is 18.3 Å². The Hall–Kier alpha value is -2.87. The van der Waals surface area contributed by atoms with Crippen LogP contribution in [0.4, 0.5) is 13.2 Å². The summed E-state index contributed by atoms with van der Waals surface area (Å²) in [6, 6.07) is 8.75. The van der Waals surface area contributed by atoms with Crippen LogP contribution in [0.1, 0.15) is 29.4 Å². The molecule has 148 valence electrons. The van der Waals surface area contributed by atoms with E-state index in [0.717, 1.165) is 23.2 Å². The van der Waals surface area contributed by atoms with Crippen LogP contribution >= 0.6 is 11.6 Å². The standard InChI is InChI=1S/C20H14ClF3N4O/c21-17-9-16(18-25-4-6-28(18)26-17)15-8-13(15)12-2-1-11-3-5-27(10-20(22,23)24)19(29)14(11)7-12/h1-7,9,13,15H,8,10H2/t13-,15?/m1/s1. The van der Waals surface area contributed by atoms with E-state index in [0.29, 0.717) is 20.5 Å². The van der Waals surface area contributed by atoms with E-state index in [1.165, 1.54) is 12.3 Å². The quantitative estimate of drug-likeness (QED) is 0.491. The zero-order chi connectivity index (χ0) is 20.3. The van der Waals surface area contributed by atoms with Gasteiger partial charge in [0.05, 0.1) is 0 Å². The summed E-state index contributed by atoms with van der Waals surface area (Å²) >= 11 is 6.12. The Labute approximate surface area is 167 Å². The number of hydrogen-bond donors (Lipinski definition) is 0. The Morgan fingerprint density at radius 2 is 1.97 bits per heavy atom. The van der Waals surface area contributed by atoms with Crippen LogP contribution in [0.5, 0.6) is 0 Å². The fraction of sp³-hybridized carbons (Fsp3) is 0.250. The Kier molecular flexibility index (Phi) is 3.96. The maximum absolute atomic E-state index is 12.7. The number of pyridine rings is 1. The van der Waals surface area contributed by atoms with Gasteiger partial charge in [-0.1, -0.05) is 23.7 Å². The summed E-state index contributed by atoms with van der Waals surface area (Å²) in [7, 11) is 0. The molecule has 9 heteroatoms. The van der Waals surface area contributed by atoms with Gasteiger partial charge in [0.15, 0.2) is 5.65 Å². The second kappa shape index (κ2) is 6.32. The van der Waals surface area contributed by atoms with Crippen molar-refractivity contribution in [2.45, 2.75) is 31.0 Å². The third-order valence-electron chi connectivity index (χ3n) is 5.33. The molecule has 1 aromatic carbocycles. The predicted octanol–water partition coefficient (Wildman–Crippen LogP) is 4.53. The number of benzene rings is 1. The average Bonchev–Trinajstić information content (AvgIpc) is 3.32. The van der Waals surface area contributed by atoms with Crippen molar-refractivity contribution in [3.05, 3.63) is 75.6 Å². The molecule has 0 saturated heterocycles. The number of imidazole rings is 1. The summed E-state index contributed by atoms with van der Waals surface area (Å²) in [4.78, 5) is 16.9. The summed E-state index contributed by atoms with van der Waals surface area (Å²) in [5, 5.41) is 5.46. The van der Waals surface area contributed by atoms with Crippen molar-refractivity contribution in [3.8, 4) is 0 Å². The lowest BCUT2D eigenvalue weighted by atomic mass is 10.0. The van der Waals surface area contributed by atoms with Gasteiger partial charge in [-0.3, -0.25) is 4.79 Å². The normalized spacial score (nSPS) is 19.2. The lowest BCUT2D eigenvalue weighted by Gasteiger charge is -2.11. The van der Waals surface area contributed by atoms with Crippen molar-refractivity contribution in [2.75, 3.05) is 0 Å². The van der Waals surface area contributed by atoms with Gasteiger partial charge in [0, 0.05) is 29.5 Å². The lowest BCUT2D eigenvalue weighted by molar-refractivity contribution is -0.141. The summed E-state index contributed by atoms with van der Waals surface area (Å²) in [6.07, 6.45) is 0.955. The molecule has 1 unspecified atom stereocenters. The Balaban J connectivity index is 1.52. The van der Waals surface area contributed by atoms with Crippen LogP contribution < -0.4 is 5.56 Å². The molecule has 0 radical (unpaired) electrons. The summed E-state index contributed by atoms with van der Waals surface area (Å²) in [5.41, 5.74) is 1.99. The van der Waals surface area contributed by atoms with Crippen molar-refractivity contribution in [1.29, 1.82) is 0 Å². The fourth-order valence-corrected chi connectivity index (χ4v) is 4.13. The molecule has 5 rings (SSSR count). The van der Waals surface area contributed by atoms with Gasteiger partial charge in [0.25, 0.3) is 5.56 Å². The van der Waals surface area contributed by atoms with E-state index in [2.05, 4.69) is 10.1 Å². The van der Waals surface area contributed by atoms with E-state index in [4.69, 9.17) is 11.6 Å². The molecule has 1 fully saturated rings. The molecule has 0 bridgehead atoms. The molecule has 0 amide bonds. The fourth-order valence-electron chi connectivity index (χ4n) is 3.93. The van der Waals surface area contributed by atoms with Gasteiger partial charge in [-0.25, -0.2) is 9.50 Å². The molecule has 0 aliphatic heterocycles. The number of rotatable bonds is 3. The minimum absolute atomic E-state index is 0.147. The lowest BCUT2D eigenvalue weighted by Crippen LogP contribution is -2.27. The third kappa shape index (κ3) is 3.27. The van der Waals surface area contributed by atoms with Crippen molar-refractivity contribution in [2.24, 2.45) is 0 Å². The predicted molar refractivity (Wildman–Crippen MR) is 102 cm³/mol. The molecule has 1 saturated carbocycles. The smallest absolute Gasteiger partial charge is 0.306 e. The van der Waals surface area contributed by atoms with Crippen LogP contribution in [0.25, 0.3) is 16.4 Å². The van der Waals surface area contributed by atoms with Crippen molar-refractivity contribution in [3.63, 3.8) is 0 Å². The second-order valence-corrected chi connectivity index (χ2v) is 7.66. The van der Waals surface area contributed by atoms with E-state index in [-0.39, 0.29) is 11.8 Å². The monoisotopic (exact) mass is 418 g/mol. The highest BCUT2D eigenvalue weighted by atomic mass is 35.5. The number of alkyl halides is 3. The van der Waals surface area contributed by atoms with Crippen LogP contribution in [-0.4, -0.2) is 25.3 Å². The van der Waals surface area contributed by atoms with E-state index in [1.807, 2.05) is 6.07 Å². The van der Waals surface area contributed by atoms with Gasteiger partial charge in [-0.05, 0) is 47.4 Å². The zero-order valence-electron chi connectivity index (χ0n) is 14.9. The minimum Gasteiger partial charge on any atom is -0.306 e. The Bertz CT molecular complexity index is 1310. The molecular weight excluding hydrogens is 405 g/mol. The topological polar surface area (TPSA) is 52.2 Å². The second-order valence-electron chi connectivity index (χ2n) is 7.28. The Morgan fingerprint density at radius 1 is 1.14 bits per heavy atom. The van der Waals surface area contributed by atoms with Crippen molar-refractivity contribution in [1.82, 2.24) is 19.2 Å². The summed E-state index contributed by atoms with van der Waals surface area (Å²) in [6.45, 7) is -1.30. The molecule has 1 aliphatic carbocycles. The molecule has 0 spiro atoms. The van der Waals surface area contributed by atoms with Crippen LogP contribution in [-0.2, 0) is 6.54 Å². The van der Waals surface area contributed by atoms with Crippen molar-refractivity contribution < 1.29 is 13.2 Å². The molecule has 5 nitrogen and oxygen atoms in total.